The number of para-hydroxylation sites is 1. The van der Waals surface area contributed by atoms with E-state index >= 15 is 0 Å². The number of carbonyl (C=O) groups is 2. The van der Waals surface area contributed by atoms with Crippen molar-refractivity contribution >= 4 is 33.3 Å². The van der Waals surface area contributed by atoms with Crippen LogP contribution in [-0.4, -0.2) is 62.6 Å². The van der Waals surface area contributed by atoms with Crippen molar-refractivity contribution in [3.63, 3.8) is 0 Å². The van der Waals surface area contributed by atoms with Crippen LogP contribution in [0.1, 0.15) is 35.2 Å². The molecule has 1 amide bonds. The number of anilines is 2. The van der Waals surface area contributed by atoms with Crippen molar-refractivity contribution in [2.45, 2.75) is 31.1 Å². The molecule has 1 fully saturated rings. The summed E-state index contributed by atoms with van der Waals surface area (Å²) in [6.45, 7) is 2.33. The predicted octanol–water partition coefficient (Wildman–Crippen LogP) is 2.37. The molecule has 9 nitrogen and oxygen atoms in total. The topological polar surface area (TPSA) is 125 Å². The summed E-state index contributed by atoms with van der Waals surface area (Å²) in [5, 5.41) is 14.5. The maximum absolute atomic E-state index is 13.0. The molecule has 2 aromatic rings. The average molecular weight is 476 g/mol. The molecular formula is C23H29N3O6S. The number of amides is 1. The number of benzene rings is 2. The van der Waals surface area contributed by atoms with E-state index in [-0.39, 0.29) is 23.6 Å². The molecule has 0 aromatic heterocycles. The SMILES string of the molecule is Cc1ccc(NC(=O)COC(=O)c2ccccc2NCCO)cc1S(=O)(=O)N1CCCCC1. The first-order valence-corrected chi connectivity index (χ1v) is 12.3. The van der Waals surface area contributed by atoms with E-state index in [4.69, 9.17) is 9.84 Å². The standard InChI is InChI=1S/C23H29N3O6S/c1-17-9-10-18(15-21(17)33(30,31)26-12-5-2-6-13-26)25-22(28)16-32-23(29)19-7-3-4-8-20(19)24-11-14-27/h3-4,7-10,15,24,27H,2,5-6,11-14,16H2,1H3,(H,25,28). The lowest BCUT2D eigenvalue weighted by molar-refractivity contribution is -0.119. The zero-order valence-corrected chi connectivity index (χ0v) is 19.4. The van der Waals surface area contributed by atoms with Gasteiger partial charge in [0, 0.05) is 31.0 Å². The summed E-state index contributed by atoms with van der Waals surface area (Å²) < 4.78 is 32.7. The fourth-order valence-electron chi connectivity index (χ4n) is 3.61. The fraction of sp³-hybridized carbons (Fsp3) is 0.391. The third-order valence-electron chi connectivity index (χ3n) is 5.31. The van der Waals surface area contributed by atoms with Crippen LogP contribution in [0.5, 0.6) is 0 Å². The molecule has 2 aromatic carbocycles. The Kier molecular flexibility index (Phi) is 8.43. The van der Waals surface area contributed by atoms with Crippen molar-refractivity contribution in [2.24, 2.45) is 0 Å². The molecule has 1 aliphatic rings. The van der Waals surface area contributed by atoms with Gasteiger partial charge < -0.3 is 20.5 Å². The lowest BCUT2D eigenvalue weighted by atomic mass is 10.2. The molecule has 178 valence electrons. The van der Waals surface area contributed by atoms with Crippen molar-refractivity contribution in [3.8, 4) is 0 Å². The first-order valence-electron chi connectivity index (χ1n) is 10.8. The third-order valence-corrected chi connectivity index (χ3v) is 7.35. The monoisotopic (exact) mass is 475 g/mol. The van der Waals surface area contributed by atoms with Gasteiger partial charge in [-0.3, -0.25) is 4.79 Å². The normalized spacial score (nSPS) is 14.5. The summed E-state index contributed by atoms with van der Waals surface area (Å²) in [6.07, 6.45) is 2.68. The van der Waals surface area contributed by atoms with Gasteiger partial charge in [0.25, 0.3) is 5.91 Å². The van der Waals surface area contributed by atoms with Gasteiger partial charge in [0.1, 0.15) is 0 Å². The molecule has 0 radical (unpaired) electrons. The van der Waals surface area contributed by atoms with Gasteiger partial charge in [-0.05, 0) is 49.6 Å². The Balaban J connectivity index is 1.64. The Bertz CT molecular complexity index is 1100. The van der Waals surface area contributed by atoms with E-state index in [1.54, 1.807) is 43.3 Å². The molecule has 1 heterocycles. The highest BCUT2D eigenvalue weighted by molar-refractivity contribution is 7.89. The number of hydrogen-bond donors (Lipinski definition) is 3. The van der Waals surface area contributed by atoms with Gasteiger partial charge in [0.05, 0.1) is 17.1 Å². The second kappa shape index (κ2) is 11.3. The molecule has 1 saturated heterocycles. The van der Waals surface area contributed by atoms with Crippen molar-refractivity contribution in [2.75, 3.05) is 43.5 Å². The third kappa shape index (κ3) is 6.31. The molecule has 3 N–H and O–H groups in total. The Morgan fingerprint density at radius 1 is 1.09 bits per heavy atom. The minimum atomic E-state index is -3.65. The molecule has 0 atom stereocenters. The lowest BCUT2D eigenvalue weighted by Gasteiger charge is -2.26. The number of aliphatic hydroxyl groups is 1. The van der Waals surface area contributed by atoms with Crippen LogP contribution in [0.15, 0.2) is 47.4 Å². The second-order valence-corrected chi connectivity index (χ2v) is 9.67. The van der Waals surface area contributed by atoms with E-state index in [0.717, 1.165) is 19.3 Å². The highest BCUT2D eigenvalue weighted by Crippen LogP contribution is 2.26. The van der Waals surface area contributed by atoms with E-state index in [9.17, 15) is 18.0 Å². The van der Waals surface area contributed by atoms with Crippen LogP contribution in [0, 0.1) is 6.92 Å². The maximum atomic E-state index is 13.0. The molecule has 1 aliphatic heterocycles. The van der Waals surface area contributed by atoms with Crippen molar-refractivity contribution in [1.29, 1.82) is 0 Å². The summed E-state index contributed by atoms with van der Waals surface area (Å²) in [7, 11) is -3.65. The number of rotatable bonds is 9. The van der Waals surface area contributed by atoms with Crippen molar-refractivity contribution < 1.29 is 27.9 Å². The quantitative estimate of drug-likeness (QED) is 0.476. The van der Waals surface area contributed by atoms with E-state index < -0.39 is 28.5 Å². The Morgan fingerprint density at radius 3 is 2.55 bits per heavy atom. The molecule has 0 bridgehead atoms. The predicted molar refractivity (Wildman–Crippen MR) is 125 cm³/mol. The van der Waals surface area contributed by atoms with Crippen LogP contribution in [0.3, 0.4) is 0 Å². The van der Waals surface area contributed by atoms with E-state index in [2.05, 4.69) is 10.6 Å². The zero-order valence-electron chi connectivity index (χ0n) is 18.5. The van der Waals surface area contributed by atoms with E-state index in [1.807, 2.05) is 0 Å². The van der Waals surface area contributed by atoms with Gasteiger partial charge >= 0.3 is 5.97 Å². The molecule has 0 aliphatic carbocycles. The number of ether oxygens (including phenoxy) is 1. The van der Waals surface area contributed by atoms with Gasteiger partial charge in [-0.1, -0.05) is 24.6 Å². The Morgan fingerprint density at radius 2 is 1.82 bits per heavy atom. The molecular weight excluding hydrogens is 446 g/mol. The highest BCUT2D eigenvalue weighted by atomic mass is 32.2. The smallest absolute Gasteiger partial charge is 0.340 e. The summed E-state index contributed by atoms with van der Waals surface area (Å²) in [6, 6.07) is 11.3. The average Bonchev–Trinajstić information content (AvgIpc) is 2.83. The molecule has 33 heavy (non-hydrogen) atoms. The molecule has 0 unspecified atom stereocenters. The summed E-state index contributed by atoms with van der Waals surface area (Å²) in [5.41, 5.74) is 1.63. The number of nitrogens with zero attached hydrogens (tertiary/aromatic N) is 1. The van der Waals surface area contributed by atoms with Crippen LogP contribution in [-0.2, 0) is 19.6 Å². The van der Waals surface area contributed by atoms with Crippen LogP contribution in [0.4, 0.5) is 11.4 Å². The van der Waals surface area contributed by atoms with Crippen molar-refractivity contribution in [1.82, 2.24) is 4.31 Å². The number of sulfonamides is 1. The first kappa shape index (κ1) is 24.7. The zero-order chi connectivity index (χ0) is 23.8. The largest absolute Gasteiger partial charge is 0.452 e. The van der Waals surface area contributed by atoms with Crippen molar-refractivity contribution in [3.05, 3.63) is 53.6 Å². The van der Waals surface area contributed by atoms with Crippen LogP contribution in [0.25, 0.3) is 0 Å². The van der Waals surface area contributed by atoms with Gasteiger partial charge in [0.2, 0.25) is 10.0 Å². The van der Waals surface area contributed by atoms with E-state index in [0.29, 0.717) is 30.0 Å². The van der Waals surface area contributed by atoms with Crippen LogP contribution in [0.2, 0.25) is 0 Å². The fourth-order valence-corrected chi connectivity index (χ4v) is 5.38. The molecule has 0 saturated carbocycles. The molecule has 0 spiro atoms. The van der Waals surface area contributed by atoms with Crippen LogP contribution < -0.4 is 10.6 Å². The van der Waals surface area contributed by atoms with Gasteiger partial charge in [0.15, 0.2) is 6.61 Å². The number of nitrogens with one attached hydrogen (secondary N) is 2. The molecule has 3 rings (SSSR count). The summed E-state index contributed by atoms with van der Waals surface area (Å²) in [4.78, 5) is 24.9. The number of aryl methyl sites for hydroxylation is 1. The van der Waals surface area contributed by atoms with Crippen LogP contribution >= 0.6 is 0 Å². The minimum Gasteiger partial charge on any atom is -0.452 e. The second-order valence-electron chi connectivity index (χ2n) is 7.77. The highest BCUT2D eigenvalue weighted by Gasteiger charge is 2.27. The number of esters is 1. The van der Waals surface area contributed by atoms with Gasteiger partial charge in [-0.25, -0.2) is 13.2 Å². The first-order chi connectivity index (χ1) is 15.8. The minimum absolute atomic E-state index is 0.0994. The summed E-state index contributed by atoms with van der Waals surface area (Å²) >= 11 is 0. The van der Waals surface area contributed by atoms with E-state index in [1.165, 1.54) is 10.4 Å². The Labute approximate surface area is 193 Å². The summed E-state index contributed by atoms with van der Waals surface area (Å²) in [5.74, 6) is -1.28. The number of aliphatic hydroxyl groups excluding tert-OH is 1. The lowest BCUT2D eigenvalue weighted by Crippen LogP contribution is -2.36. The maximum Gasteiger partial charge on any atom is 0.340 e. The number of hydrogen-bond acceptors (Lipinski definition) is 7. The Hall–Kier alpha value is -2.95. The van der Waals surface area contributed by atoms with Gasteiger partial charge in [-0.2, -0.15) is 4.31 Å². The number of piperidine rings is 1. The van der Waals surface area contributed by atoms with Gasteiger partial charge in [-0.15, -0.1) is 0 Å². The number of carbonyl (C=O) groups excluding carboxylic acids is 2. The molecule has 10 heteroatoms.